The summed E-state index contributed by atoms with van der Waals surface area (Å²) in [5.74, 6) is -1.21. The number of benzene rings is 1. The Bertz CT molecular complexity index is 1320. The molecular weight excluding hydrogens is 442 g/mol. The monoisotopic (exact) mass is 461 g/mol. The Labute approximate surface area is 185 Å². The van der Waals surface area contributed by atoms with Crippen molar-refractivity contribution in [1.29, 1.82) is 0 Å². The number of anilines is 1. The Kier molecular flexibility index (Phi) is 5.38. The van der Waals surface area contributed by atoms with Crippen molar-refractivity contribution in [2.45, 2.75) is 38.9 Å². The molecule has 0 atom stereocenters. The molecular formula is C21H19F4N7O. The van der Waals surface area contributed by atoms with Crippen molar-refractivity contribution in [3.63, 3.8) is 0 Å². The highest BCUT2D eigenvalue weighted by molar-refractivity contribution is 6.02. The van der Waals surface area contributed by atoms with E-state index in [0.717, 1.165) is 11.6 Å². The molecule has 0 radical (unpaired) electrons. The normalized spacial score (nSPS) is 12.3. The molecule has 172 valence electrons. The zero-order valence-corrected chi connectivity index (χ0v) is 17.9. The minimum Gasteiger partial charge on any atom is -0.288 e. The van der Waals surface area contributed by atoms with Crippen molar-refractivity contribution in [2.24, 2.45) is 0 Å². The summed E-state index contributed by atoms with van der Waals surface area (Å²) in [5, 5.41) is 10.3. The lowest BCUT2D eigenvalue weighted by atomic mass is 9.91. The van der Waals surface area contributed by atoms with Gasteiger partial charge in [-0.25, -0.2) is 23.6 Å². The SMILES string of the molecule is CC(C)(C)c1cc(C(F)(F)F)n2nc(C(=O)Nc3ncn(Cc4ccc(F)cc4)n3)cc2n1. The van der Waals surface area contributed by atoms with E-state index in [0.29, 0.717) is 4.52 Å². The van der Waals surface area contributed by atoms with E-state index in [1.165, 1.54) is 29.2 Å². The van der Waals surface area contributed by atoms with Crippen molar-refractivity contribution >= 4 is 17.5 Å². The highest BCUT2D eigenvalue weighted by Gasteiger charge is 2.36. The minimum absolute atomic E-state index is 0.0569. The number of aromatic nitrogens is 6. The van der Waals surface area contributed by atoms with Gasteiger partial charge in [0.1, 0.15) is 17.8 Å². The van der Waals surface area contributed by atoms with Crippen molar-refractivity contribution in [3.8, 4) is 0 Å². The first-order chi connectivity index (χ1) is 15.4. The van der Waals surface area contributed by atoms with Gasteiger partial charge in [0.25, 0.3) is 5.91 Å². The molecule has 8 nitrogen and oxygen atoms in total. The molecule has 0 saturated carbocycles. The summed E-state index contributed by atoms with van der Waals surface area (Å²) >= 11 is 0. The Morgan fingerprint density at radius 2 is 1.76 bits per heavy atom. The first-order valence-corrected chi connectivity index (χ1v) is 9.84. The maximum Gasteiger partial charge on any atom is 0.433 e. The molecule has 0 aliphatic carbocycles. The molecule has 4 aromatic rings. The second kappa shape index (κ2) is 7.94. The number of nitrogens with one attached hydrogen (secondary N) is 1. The van der Waals surface area contributed by atoms with Gasteiger partial charge in [-0.1, -0.05) is 32.9 Å². The summed E-state index contributed by atoms with van der Waals surface area (Å²) in [6, 6.07) is 7.90. The number of hydrogen-bond acceptors (Lipinski definition) is 5. The zero-order valence-electron chi connectivity index (χ0n) is 17.9. The molecule has 12 heteroatoms. The molecule has 0 aliphatic rings. The van der Waals surface area contributed by atoms with Crippen LogP contribution in [0.25, 0.3) is 5.65 Å². The van der Waals surface area contributed by atoms with Crippen LogP contribution in [0.4, 0.5) is 23.5 Å². The van der Waals surface area contributed by atoms with Crippen LogP contribution in [0.1, 0.15) is 48.2 Å². The first-order valence-electron chi connectivity index (χ1n) is 9.84. The number of alkyl halides is 3. The van der Waals surface area contributed by atoms with Crippen LogP contribution in [0.3, 0.4) is 0 Å². The van der Waals surface area contributed by atoms with E-state index < -0.39 is 23.2 Å². The summed E-state index contributed by atoms with van der Waals surface area (Å²) in [5.41, 5.74) is -1.06. The summed E-state index contributed by atoms with van der Waals surface area (Å²) in [6.45, 7) is 5.50. The van der Waals surface area contributed by atoms with Gasteiger partial charge in [-0.2, -0.15) is 18.3 Å². The lowest BCUT2D eigenvalue weighted by molar-refractivity contribution is -0.142. The van der Waals surface area contributed by atoms with E-state index in [1.54, 1.807) is 32.9 Å². The molecule has 0 bridgehead atoms. The van der Waals surface area contributed by atoms with E-state index in [2.05, 4.69) is 25.5 Å². The largest absolute Gasteiger partial charge is 0.433 e. The van der Waals surface area contributed by atoms with E-state index in [1.807, 2.05) is 0 Å². The molecule has 1 amide bonds. The average Bonchev–Trinajstić information content (AvgIpc) is 3.34. The summed E-state index contributed by atoms with van der Waals surface area (Å²) in [4.78, 5) is 20.8. The predicted molar refractivity (Wildman–Crippen MR) is 110 cm³/mol. The van der Waals surface area contributed by atoms with Crippen molar-refractivity contribution in [1.82, 2.24) is 29.4 Å². The first kappa shape index (κ1) is 22.4. The maximum absolute atomic E-state index is 13.6. The number of halogens is 4. The molecule has 0 saturated heterocycles. The van der Waals surface area contributed by atoms with Gasteiger partial charge in [0.05, 0.1) is 12.2 Å². The van der Waals surface area contributed by atoms with Crippen LogP contribution in [0.2, 0.25) is 0 Å². The van der Waals surface area contributed by atoms with Crippen LogP contribution in [0.5, 0.6) is 0 Å². The maximum atomic E-state index is 13.6. The third-order valence-corrected chi connectivity index (χ3v) is 4.74. The van der Waals surface area contributed by atoms with Gasteiger partial charge in [0.15, 0.2) is 11.3 Å². The summed E-state index contributed by atoms with van der Waals surface area (Å²) < 4.78 is 55.9. The topological polar surface area (TPSA) is 90.0 Å². The fourth-order valence-electron chi connectivity index (χ4n) is 3.04. The second-order valence-corrected chi connectivity index (χ2v) is 8.42. The standard InChI is InChI=1S/C21H19F4N7O/c1-20(2,3)15-9-16(21(23,24)25)32-17(27-15)8-14(29-32)18(33)28-19-26-11-31(30-19)10-12-4-6-13(22)7-5-12/h4-9,11H,10H2,1-3H3,(H,28,30,33). The molecule has 4 rings (SSSR count). The molecule has 33 heavy (non-hydrogen) atoms. The molecule has 1 N–H and O–H groups in total. The number of fused-ring (bicyclic) bond motifs is 1. The van der Waals surface area contributed by atoms with Crippen LogP contribution in [0, 0.1) is 5.82 Å². The molecule has 0 spiro atoms. The van der Waals surface area contributed by atoms with Gasteiger partial charge < -0.3 is 0 Å². The molecule has 3 aromatic heterocycles. The zero-order chi connectivity index (χ0) is 24.0. The Balaban J connectivity index is 1.58. The summed E-state index contributed by atoms with van der Waals surface area (Å²) in [6.07, 6.45) is -3.33. The number of amides is 1. The van der Waals surface area contributed by atoms with Crippen LogP contribution in [0.15, 0.2) is 42.7 Å². The third kappa shape index (κ3) is 4.83. The van der Waals surface area contributed by atoms with Gasteiger partial charge in [-0.05, 0) is 23.8 Å². The predicted octanol–water partition coefficient (Wildman–Crippen LogP) is 4.08. The Morgan fingerprint density at radius 1 is 1.06 bits per heavy atom. The van der Waals surface area contributed by atoms with Crippen molar-refractivity contribution in [2.75, 3.05) is 5.32 Å². The van der Waals surface area contributed by atoms with Crippen LogP contribution in [-0.2, 0) is 18.1 Å². The van der Waals surface area contributed by atoms with Gasteiger partial charge in [0, 0.05) is 11.5 Å². The smallest absolute Gasteiger partial charge is 0.288 e. The van der Waals surface area contributed by atoms with Gasteiger partial charge in [-0.3, -0.25) is 10.1 Å². The molecule has 3 heterocycles. The lowest BCUT2D eigenvalue weighted by Gasteiger charge is -2.19. The molecule has 1 aromatic carbocycles. The quantitative estimate of drug-likeness (QED) is 0.463. The van der Waals surface area contributed by atoms with E-state index in [4.69, 9.17) is 0 Å². The van der Waals surface area contributed by atoms with Crippen LogP contribution < -0.4 is 5.32 Å². The Hall–Kier alpha value is -3.83. The minimum atomic E-state index is -4.69. The number of carbonyl (C=O) groups excluding carboxylic acids is 1. The summed E-state index contributed by atoms with van der Waals surface area (Å²) in [7, 11) is 0. The van der Waals surface area contributed by atoms with Gasteiger partial charge in [-0.15, -0.1) is 5.10 Å². The van der Waals surface area contributed by atoms with E-state index in [-0.39, 0.29) is 35.3 Å². The lowest BCUT2D eigenvalue weighted by Crippen LogP contribution is -2.20. The fourth-order valence-corrected chi connectivity index (χ4v) is 3.04. The van der Waals surface area contributed by atoms with Gasteiger partial charge in [0.2, 0.25) is 5.95 Å². The van der Waals surface area contributed by atoms with E-state index in [9.17, 15) is 22.4 Å². The highest BCUT2D eigenvalue weighted by Crippen LogP contribution is 2.32. The molecule has 0 fully saturated rings. The second-order valence-electron chi connectivity index (χ2n) is 8.42. The Morgan fingerprint density at radius 3 is 2.39 bits per heavy atom. The number of hydrogen-bond donors (Lipinski definition) is 1. The number of nitrogens with zero attached hydrogens (tertiary/aromatic N) is 6. The highest BCUT2D eigenvalue weighted by atomic mass is 19.4. The van der Waals surface area contributed by atoms with Gasteiger partial charge >= 0.3 is 6.18 Å². The van der Waals surface area contributed by atoms with Crippen molar-refractivity contribution in [3.05, 3.63) is 71.2 Å². The average molecular weight is 461 g/mol. The molecule has 0 aliphatic heterocycles. The molecule has 0 unspecified atom stereocenters. The number of rotatable bonds is 4. The van der Waals surface area contributed by atoms with E-state index >= 15 is 0 Å². The number of carbonyl (C=O) groups is 1. The fraction of sp³-hybridized carbons (Fsp3) is 0.286. The van der Waals surface area contributed by atoms with Crippen LogP contribution >= 0.6 is 0 Å². The van der Waals surface area contributed by atoms with Crippen LogP contribution in [-0.4, -0.2) is 35.3 Å². The third-order valence-electron chi connectivity index (χ3n) is 4.74. The van der Waals surface area contributed by atoms with Crippen molar-refractivity contribution < 1.29 is 22.4 Å².